The van der Waals surface area contributed by atoms with E-state index in [0.29, 0.717) is 0 Å². The van der Waals surface area contributed by atoms with Crippen molar-refractivity contribution in [2.45, 2.75) is 117 Å². The lowest BCUT2D eigenvalue weighted by Crippen LogP contribution is -1.94. The van der Waals surface area contributed by atoms with Gasteiger partial charge in [-0.25, -0.2) is 0 Å². The number of nitrogens with zero attached hydrogens (tertiary/aromatic N) is 1. The Bertz CT molecular complexity index is 748. The Balaban J connectivity index is 1.49. The molecule has 0 heterocycles. The van der Waals surface area contributed by atoms with Crippen molar-refractivity contribution in [2.24, 2.45) is 4.99 Å². The Hall–Kier alpha value is -2.09. The predicted octanol–water partition coefficient (Wildman–Crippen LogP) is 10.2. The molecule has 0 atom stereocenters. The van der Waals surface area contributed by atoms with Gasteiger partial charge in [-0.15, -0.1) is 0 Å². The largest absolute Gasteiger partial charge is 0.494 e. The highest BCUT2D eigenvalue weighted by molar-refractivity contribution is 5.82. The Morgan fingerprint density at radius 3 is 1.65 bits per heavy atom. The average molecular weight is 464 g/mol. The van der Waals surface area contributed by atoms with Crippen molar-refractivity contribution >= 4 is 11.9 Å². The molecule has 0 fully saturated rings. The fourth-order valence-electron chi connectivity index (χ4n) is 4.29. The van der Waals surface area contributed by atoms with Gasteiger partial charge in [0.2, 0.25) is 0 Å². The Morgan fingerprint density at radius 2 is 1.12 bits per heavy atom. The molecular formula is C32H49NO. The van der Waals surface area contributed by atoms with Crippen LogP contribution in [-0.2, 0) is 6.42 Å². The van der Waals surface area contributed by atoms with Crippen LogP contribution in [0.15, 0.2) is 53.5 Å². The summed E-state index contributed by atoms with van der Waals surface area (Å²) in [7, 11) is 0. The first kappa shape index (κ1) is 28.1. The first-order valence-electron chi connectivity index (χ1n) is 14.2. The van der Waals surface area contributed by atoms with Gasteiger partial charge in [-0.2, -0.15) is 0 Å². The van der Waals surface area contributed by atoms with E-state index in [9.17, 15) is 0 Å². The SMILES string of the molecule is CCCCCCCCCCCCCCCCc1ccc(N=Cc2ccc(OCCC)cc2)cc1. The third-order valence-electron chi connectivity index (χ3n) is 6.47. The summed E-state index contributed by atoms with van der Waals surface area (Å²) in [5.41, 5.74) is 3.53. The summed E-state index contributed by atoms with van der Waals surface area (Å²) in [5.74, 6) is 0.923. The molecule has 2 nitrogen and oxygen atoms in total. The van der Waals surface area contributed by atoms with Crippen molar-refractivity contribution in [1.29, 1.82) is 0 Å². The smallest absolute Gasteiger partial charge is 0.119 e. The lowest BCUT2D eigenvalue weighted by Gasteiger charge is -2.04. The number of unbranched alkanes of at least 4 members (excludes halogenated alkanes) is 13. The number of aryl methyl sites for hydroxylation is 1. The van der Waals surface area contributed by atoms with Crippen LogP contribution in [0.3, 0.4) is 0 Å². The molecule has 0 saturated carbocycles. The van der Waals surface area contributed by atoms with Crippen LogP contribution in [0.5, 0.6) is 5.75 Å². The second-order valence-corrected chi connectivity index (χ2v) is 9.69. The number of benzene rings is 2. The average Bonchev–Trinajstić information content (AvgIpc) is 2.87. The van der Waals surface area contributed by atoms with Crippen LogP contribution in [0.1, 0.15) is 121 Å². The Kier molecular flexibility index (Phi) is 15.9. The molecule has 0 spiro atoms. The second-order valence-electron chi connectivity index (χ2n) is 9.69. The van der Waals surface area contributed by atoms with E-state index in [1.54, 1.807) is 0 Å². The van der Waals surface area contributed by atoms with Gasteiger partial charge in [-0.1, -0.05) is 109 Å². The number of ether oxygens (including phenoxy) is 1. The monoisotopic (exact) mass is 463 g/mol. The standard InChI is InChI=1S/C32H49NO/c1-3-5-6-7-8-9-10-11-12-13-14-15-16-17-18-29-19-23-31(24-20-29)33-28-30-21-25-32(26-22-30)34-27-4-2/h19-26,28H,3-18,27H2,1-2H3. The van der Waals surface area contributed by atoms with Gasteiger partial charge in [0.1, 0.15) is 5.75 Å². The molecule has 0 saturated heterocycles. The zero-order chi connectivity index (χ0) is 24.1. The number of aliphatic imine (C=N–C) groups is 1. The van der Waals surface area contributed by atoms with E-state index >= 15 is 0 Å². The minimum absolute atomic E-state index is 0.763. The maximum absolute atomic E-state index is 5.63. The van der Waals surface area contributed by atoms with Gasteiger partial charge in [-0.3, -0.25) is 4.99 Å². The van der Waals surface area contributed by atoms with Gasteiger partial charge in [-0.05, 0) is 66.8 Å². The fourth-order valence-corrected chi connectivity index (χ4v) is 4.29. The molecule has 2 aromatic carbocycles. The van der Waals surface area contributed by atoms with Crippen LogP contribution in [-0.4, -0.2) is 12.8 Å². The Labute approximate surface area is 210 Å². The molecule has 0 N–H and O–H groups in total. The quantitative estimate of drug-likeness (QED) is 0.141. The zero-order valence-corrected chi connectivity index (χ0v) is 22.1. The van der Waals surface area contributed by atoms with Crippen LogP contribution in [0.4, 0.5) is 5.69 Å². The molecule has 0 unspecified atom stereocenters. The zero-order valence-electron chi connectivity index (χ0n) is 22.1. The molecule has 0 bridgehead atoms. The number of rotatable bonds is 20. The van der Waals surface area contributed by atoms with E-state index in [1.165, 1.54) is 102 Å². The molecule has 0 aromatic heterocycles. The van der Waals surface area contributed by atoms with Gasteiger partial charge in [0, 0.05) is 6.21 Å². The highest BCUT2D eigenvalue weighted by Gasteiger charge is 1.97. The van der Waals surface area contributed by atoms with Crippen molar-refractivity contribution in [1.82, 2.24) is 0 Å². The van der Waals surface area contributed by atoms with Crippen LogP contribution in [0.2, 0.25) is 0 Å². The van der Waals surface area contributed by atoms with E-state index in [2.05, 4.69) is 55.2 Å². The molecule has 2 rings (SSSR count). The van der Waals surface area contributed by atoms with Gasteiger partial charge in [0.05, 0.1) is 12.3 Å². The first-order valence-corrected chi connectivity index (χ1v) is 14.2. The number of hydrogen-bond donors (Lipinski definition) is 0. The summed E-state index contributed by atoms with van der Waals surface area (Å²) in [6.07, 6.45) is 23.9. The second kappa shape index (κ2) is 19.2. The third-order valence-corrected chi connectivity index (χ3v) is 6.47. The fraction of sp³-hybridized carbons (Fsp3) is 0.594. The van der Waals surface area contributed by atoms with Crippen LogP contribution >= 0.6 is 0 Å². The van der Waals surface area contributed by atoms with E-state index in [1.807, 2.05) is 18.3 Å². The summed E-state index contributed by atoms with van der Waals surface area (Å²) >= 11 is 0. The Morgan fingerprint density at radius 1 is 0.588 bits per heavy atom. The van der Waals surface area contributed by atoms with E-state index < -0.39 is 0 Å². The maximum atomic E-state index is 5.63. The van der Waals surface area contributed by atoms with Crippen molar-refractivity contribution in [2.75, 3.05) is 6.61 Å². The first-order chi connectivity index (χ1) is 16.8. The van der Waals surface area contributed by atoms with Crippen LogP contribution in [0, 0.1) is 0 Å². The molecule has 0 aliphatic rings. The third kappa shape index (κ3) is 13.6. The van der Waals surface area contributed by atoms with E-state index in [-0.39, 0.29) is 0 Å². The molecule has 0 amide bonds. The van der Waals surface area contributed by atoms with E-state index in [4.69, 9.17) is 4.74 Å². The highest BCUT2D eigenvalue weighted by atomic mass is 16.5. The molecular weight excluding hydrogens is 414 g/mol. The van der Waals surface area contributed by atoms with Crippen molar-refractivity contribution < 1.29 is 4.74 Å². The molecule has 34 heavy (non-hydrogen) atoms. The molecule has 0 radical (unpaired) electrons. The van der Waals surface area contributed by atoms with Crippen molar-refractivity contribution in [3.8, 4) is 5.75 Å². The topological polar surface area (TPSA) is 21.6 Å². The van der Waals surface area contributed by atoms with Gasteiger partial charge >= 0.3 is 0 Å². The molecule has 188 valence electrons. The summed E-state index contributed by atoms with van der Waals surface area (Å²) in [6.45, 7) is 5.17. The maximum Gasteiger partial charge on any atom is 0.119 e. The summed E-state index contributed by atoms with van der Waals surface area (Å²) in [4.78, 5) is 4.62. The minimum atomic E-state index is 0.763. The van der Waals surface area contributed by atoms with E-state index in [0.717, 1.165) is 30.0 Å². The normalized spacial score (nSPS) is 11.4. The van der Waals surface area contributed by atoms with Crippen LogP contribution in [0.25, 0.3) is 0 Å². The summed E-state index contributed by atoms with van der Waals surface area (Å²) in [5, 5.41) is 0. The predicted molar refractivity (Wildman–Crippen MR) is 150 cm³/mol. The lowest BCUT2D eigenvalue weighted by atomic mass is 10.0. The van der Waals surface area contributed by atoms with Crippen molar-refractivity contribution in [3.63, 3.8) is 0 Å². The summed E-state index contributed by atoms with van der Waals surface area (Å²) < 4.78 is 5.63. The minimum Gasteiger partial charge on any atom is -0.494 e. The molecule has 0 aliphatic carbocycles. The molecule has 2 heteroatoms. The highest BCUT2D eigenvalue weighted by Crippen LogP contribution is 2.17. The lowest BCUT2D eigenvalue weighted by molar-refractivity contribution is 0.317. The van der Waals surface area contributed by atoms with Crippen LogP contribution < -0.4 is 4.74 Å². The number of hydrogen-bond acceptors (Lipinski definition) is 2. The van der Waals surface area contributed by atoms with Gasteiger partial charge in [0.25, 0.3) is 0 Å². The van der Waals surface area contributed by atoms with Crippen molar-refractivity contribution in [3.05, 3.63) is 59.7 Å². The summed E-state index contributed by atoms with van der Waals surface area (Å²) in [6, 6.07) is 16.9. The molecule has 2 aromatic rings. The van der Waals surface area contributed by atoms with Gasteiger partial charge < -0.3 is 4.74 Å². The van der Waals surface area contributed by atoms with Gasteiger partial charge in [0.15, 0.2) is 0 Å². The molecule has 0 aliphatic heterocycles.